The number of hydrogen-bond acceptors (Lipinski definition) is 2. The van der Waals surface area contributed by atoms with Crippen LogP contribution in [0.15, 0.2) is 12.5 Å². The molecule has 18 heavy (non-hydrogen) atoms. The van der Waals surface area contributed by atoms with Gasteiger partial charge in [-0.3, -0.25) is 0 Å². The number of imidazole rings is 1. The van der Waals surface area contributed by atoms with E-state index in [1.807, 2.05) is 17.8 Å². The van der Waals surface area contributed by atoms with Crippen LogP contribution in [0.1, 0.15) is 58.6 Å². The Kier molecular flexibility index (Phi) is 3.54. The summed E-state index contributed by atoms with van der Waals surface area (Å²) in [5.41, 5.74) is 0.482. The second kappa shape index (κ2) is 4.69. The standard InChI is InChI=1S/C15H26N2O/c1-14(2,3)12-6-5-8-15(18,9-7-12)13-10-17(4)11-16-13/h10-12,18H,5-9H2,1-4H3. The highest BCUT2D eigenvalue weighted by molar-refractivity contribution is 5.10. The Balaban J connectivity index is 2.13. The molecule has 0 radical (unpaired) electrons. The molecule has 2 rings (SSSR count). The Morgan fingerprint density at radius 2 is 2.06 bits per heavy atom. The van der Waals surface area contributed by atoms with Gasteiger partial charge in [0.2, 0.25) is 0 Å². The molecule has 3 heteroatoms. The van der Waals surface area contributed by atoms with Crippen molar-refractivity contribution in [3.05, 3.63) is 18.2 Å². The number of rotatable bonds is 1. The van der Waals surface area contributed by atoms with E-state index in [0.29, 0.717) is 11.3 Å². The van der Waals surface area contributed by atoms with Crippen LogP contribution < -0.4 is 0 Å². The Hall–Kier alpha value is -0.830. The summed E-state index contributed by atoms with van der Waals surface area (Å²) in [6, 6.07) is 0. The van der Waals surface area contributed by atoms with E-state index in [2.05, 4.69) is 25.8 Å². The van der Waals surface area contributed by atoms with Crippen molar-refractivity contribution in [2.24, 2.45) is 18.4 Å². The minimum absolute atomic E-state index is 0.343. The van der Waals surface area contributed by atoms with Crippen molar-refractivity contribution >= 4 is 0 Å². The third-order valence-corrected chi connectivity index (χ3v) is 4.46. The lowest BCUT2D eigenvalue weighted by molar-refractivity contribution is 0.0141. The highest BCUT2D eigenvalue weighted by Gasteiger charge is 2.37. The molecule has 1 N–H and O–H groups in total. The van der Waals surface area contributed by atoms with Gasteiger partial charge in [0, 0.05) is 13.2 Å². The van der Waals surface area contributed by atoms with Crippen LogP contribution in [0.25, 0.3) is 0 Å². The number of aliphatic hydroxyl groups is 1. The minimum atomic E-state index is -0.707. The summed E-state index contributed by atoms with van der Waals surface area (Å²) < 4.78 is 1.92. The highest BCUT2D eigenvalue weighted by atomic mass is 16.3. The molecule has 1 aliphatic carbocycles. The van der Waals surface area contributed by atoms with Crippen LogP contribution in [-0.4, -0.2) is 14.7 Å². The Bertz CT molecular complexity index is 405. The van der Waals surface area contributed by atoms with Gasteiger partial charge in [-0.2, -0.15) is 0 Å². The van der Waals surface area contributed by atoms with Crippen LogP contribution in [0.5, 0.6) is 0 Å². The van der Waals surface area contributed by atoms with Crippen molar-refractivity contribution in [3.8, 4) is 0 Å². The summed E-state index contributed by atoms with van der Waals surface area (Å²) in [6.07, 6.45) is 8.82. The summed E-state index contributed by atoms with van der Waals surface area (Å²) in [7, 11) is 1.95. The molecule has 0 spiro atoms. The number of nitrogens with zero attached hydrogens (tertiary/aromatic N) is 2. The maximum absolute atomic E-state index is 10.8. The molecular weight excluding hydrogens is 224 g/mol. The summed E-state index contributed by atoms with van der Waals surface area (Å²) in [4.78, 5) is 4.35. The van der Waals surface area contributed by atoms with E-state index in [0.717, 1.165) is 31.4 Å². The smallest absolute Gasteiger partial charge is 0.108 e. The molecule has 102 valence electrons. The quantitative estimate of drug-likeness (QED) is 0.777. The third-order valence-electron chi connectivity index (χ3n) is 4.46. The number of hydrogen-bond donors (Lipinski definition) is 1. The Morgan fingerprint density at radius 1 is 1.33 bits per heavy atom. The fraction of sp³-hybridized carbons (Fsp3) is 0.800. The van der Waals surface area contributed by atoms with Gasteiger partial charge in [-0.25, -0.2) is 4.98 Å². The fourth-order valence-electron chi connectivity index (χ4n) is 3.10. The van der Waals surface area contributed by atoms with Gasteiger partial charge in [0.15, 0.2) is 0 Å². The monoisotopic (exact) mass is 250 g/mol. The second-order valence-electron chi connectivity index (χ2n) is 6.95. The van der Waals surface area contributed by atoms with Gasteiger partial charge in [-0.1, -0.05) is 20.8 Å². The molecule has 0 bridgehead atoms. The van der Waals surface area contributed by atoms with E-state index in [1.165, 1.54) is 6.42 Å². The van der Waals surface area contributed by atoms with Crippen molar-refractivity contribution in [2.75, 3.05) is 0 Å². The fourth-order valence-corrected chi connectivity index (χ4v) is 3.10. The van der Waals surface area contributed by atoms with Crippen molar-refractivity contribution < 1.29 is 5.11 Å². The van der Waals surface area contributed by atoms with Gasteiger partial charge in [-0.05, 0) is 43.4 Å². The lowest BCUT2D eigenvalue weighted by Crippen LogP contribution is -2.26. The molecule has 0 saturated heterocycles. The average Bonchev–Trinajstić information content (AvgIpc) is 2.58. The van der Waals surface area contributed by atoms with Gasteiger partial charge in [0.05, 0.1) is 12.0 Å². The molecular formula is C15H26N2O. The first-order valence-corrected chi connectivity index (χ1v) is 7.02. The summed E-state index contributed by atoms with van der Waals surface area (Å²) in [5, 5.41) is 10.8. The van der Waals surface area contributed by atoms with Gasteiger partial charge < -0.3 is 9.67 Å². The van der Waals surface area contributed by atoms with Crippen molar-refractivity contribution in [1.82, 2.24) is 9.55 Å². The van der Waals surface area contributed by atoms with Gasteiger partial charge in [-0.15, -0.1) is 0 Å². The molecule has 1 fully saturated rings. The van der Waals surface area contributed by atoms with E-state index < -0.39 is 5.60 Å². The van der Waals surface area contributed by atoms with E-state index in [4.69, 9.17) is 0 Å². The van der Waals surface area contributed by atoms with Crippen LogP contribution >= 0.6 is 0 Å². The summed E-state index contributed by atoms with van der Waals surface area (Å²) in [6.45, 7) is 6.93. The van der Waals surface area contributed by atoms with Crippen LogP contribution in [0.4, 0.5) is 0 Å². The SMILES string of the molecule is Cn1cnc(C2(O)CCCC(C(C)(C)C)CC2)c1. The largest absolute Gasteiger partial charge is 0.383 e. The average molecular weight is 250 g/mol. The number of aromatic nitrogens is 2. The molecule has 1 aromatic heterocycles. The Morgan fingerprint density at radius 3 is 2.61 bits per heavy atom. The van der Waals surface area contributed by atoms with E-state index in [-0.39, 0.29) is 0 Å². The zero-order chi connectivity index (χ0) is 13.4. The van der Waals surface area contributed by atoms with E-state index >= 15 is 0 Å². The molecule has 0 aromatic carbocycles. The summed E-state index contributed by atoms with van der Waals surface area (Å²) >= 11 is 0. The van der Waals surface area contributed by atoms with Gasteiger partial charge in [0.1, 0.15) is 5.60 Å². The van der Waals surface area contributed by atoms with Crippen LogP contribution in [0.3, 0.4) is 0 Å². The number of aryl methyl sites for hydroxylation is 1. The minimum Gasteiger partial charge on any atom is -0.383 e. The maximum atomic E-state index is 10.8. The molecule has 0 amide bonds. The lowest BCUT2D eigenvalue weighted by Gasteiger charge is -2.30. The third kappa shape index (κ3) is 2.77. The van der Waals surface area contributed by atoms with Crippen LogP contribution in [-0.2, 0) is 12.6 Å². The van der Waals surface area contributed by atoms with Crippen LogP contribution in [0.2, 0.25) is 0 Å². The molecule has 2 atom stereocenters. The molecule has 1 aromatic rings. The van der Waals surface area contributed by atoms with Crippen LogP contribution in [0, 0.1) is 11.3 Å². The molecule has 1 aliphatic rings. The first kappa shape index (κ1) is 13.6. The highest BCUT2D eigenvalue weighted by Crippen LogP contribution is 2.42. The van der Waals surface area contributed by atoms with E-state index in [9.17, 15) is 5.11 Å². The molecule has 2 unspecified atom stereocenters. The molecule has 3 nitrogen and oxygen atoms in total. The zero-order valence-electron chi connectivity index (χ0n) is 12.1. The Labute approximate surface area is 110 Å². The molecule has 1 saturated carbocycles. The van der Waals surface area contributed by atoms with Crippen molar-refractivity contribution in [2.45, 2.75) is 58.5 Å². The topological polar surface area (TPSA) is 38.0 Å². The van der Waals surface area contributed by atoms with Crippen molar-refractivity contribution in [3.63, 3.8) is 0 Å². The molecule has 0 aliphatic heterocycles. The predicted octanol–water partition coefficient (Wildman–Crippen LogP) is 3.23. The first-order chi connectivity index (χ1) is 8.31. The first-order valence-electron chi connectivity index (χ1n) is 7.02. The van der Waals surface area contributed by atoms with Gasteiger partial charge >= 0.3 is 0 Å². The lowest BCUT2D eigenvalue weighted by atomic mass is 9.76. The normalized spacial score (nSPS) is 30.2. The maximum Gasteiger partial charge on any atom is 0.108 e. The van der Waals surface area contributed by atoms with Gasteiger partial charge in [0.25, 0.3) is 0 Å². The second-order valence-corrected chi connectivity index (χ2v) is 6.95. The molecule has 1 heterocycles. The summed E-state index contributed by atoms with van der Waals surface area (Å²) in [5.74, 6) is 0.704. The van der Waals surface area contributed by atoms with Crippen molar-refractivity contribution in [1.29, 1.82) is 0 Å². The predicted molar refractivity (Wildman–Crippen MR) is 73.1 cm³/mol. The van der Waals surface area contributed by atoms with E-state index in [1.54, 1.807) is 6.33 Å². The zero-order valence-corrected chi connectivity index (χ0v) is 12.1.